The minimum absolute atomic E-state index is 0.141. The molecule has 1 heterocycles. The van der Waals surface area contributed by atoms with E-state index in [1.807, 2.05) is 0 Å². The number of carbonyl (C=O) groups excluding carboxylic acids is 1. The molecule has 0 saturated heterocycles. The summed E-state index contributed by atoms with van der Waals surface area (Å²) in [6.07, 6.45) is 0. The lowest BCUT2D eigenvalue weighted by Gasteiger charge is -2.13. The number of hydrogen-bond acceptors (Lipinski definition) is 28. The molecule has 11 N–H and O–H groups in total. The quantitative estimate of drug-likeness (QED) is 0.00981. The summed E-state index contributed by atoms with van der Waals surface area (Å²) in [5, 5.41) is 61.2. The zero-order valence-corrected chi connectivity index (χ0v) is 46.8. The number of aromatic hydroxyl groups is 2. The van der Waals surface area contributed by atoms with Crippen molar-refractivity contribution in [3.8, 4) is 23.1 Å². The monoisotopic (exact) mass is 1330 g/mol. The Kier molecular flexibility index (Phi) is 16.3. The zero-order valence-electron chi connectivity index (χ0n) is 41.1. The lowest BCUT2D eigenvalue weighted by atomic mass is 10.1. The number of ether oxygens (including phenoxy) is 1. The summed E-state index contributed by atoms with van der Waals surface area (Å²) in [6, 6.07) is 11.1. The van der Waals surface area contributed by atoms with Gasteiger partial charge >= 0.3 is 5.56 Å². The fourth-order valence-electron chi connectivity index (χ4n) is 7.75. The Balaban J connectivity index is 1.19. The van der Waals surface area contributed by atoms with Crippen LogP contribution >= 0.6 is 11.6 Å². The molecule has 0 aliphatic heterocycles. The topological polar surface area (TPSA) is 599 Å². The van der Waals surface area contributed by atoms with Gasteiger partial charge in [0, 0.05) is 34.0 Å². The number of nitrogen functional groups attached to an aromatic ring is 1. The van der Waals surface area contributed by atoms with Gasteiger partial charge < -0.3 is 20.7 Å². The van der Waals surface area contributed by atoms with E-state index in [9.17, 15) is 108 Å². The zero-order chi connectivity index (χ0) is 63.6. The molecule has 0 fully saturated rings. The molecule has 1 aromatic heterocycles. The van der Waals surface area contributed by atoms with Gasteiger partial charge in [-0.1, -0.05) is 17.7 Å². The van der Waals surface area contributed by atoms with Crippen LogP contribution in [0.4, 0.5) is 56.9 Å². The van der Waals surface area contributed by atoms with E-state index >= 15 is 0 Å². The van der Waals surface area contributed by atoms with Crippen molar-refractivity contribution in [2.75, 3.05) is 5.73 Å². The third-order valence-corrected chi connectivity index (χ3v) is 17.0. The molecule has 0 aliphatic carbocycles. The van der Waals surface area contributed by atoms with Gasteiger partial charge in [0.05, 0.1) is 31.6 Å². The van der Waals surface area contributed by atoms with E-state index in [0.29, 0.717) is 35.0 Å². The van der Waals surface area contributed by atoms with Crippen molar-refractivity contribution in [2.24, 2.45) is 40.9 Å². The molecule has 8 rings (SSSR count). The second-order valence-electron chi connectivity index (χ2n) is 16.7. The Morgan fingerprint density at radius 1 is 0.547 bits per heavy atom. The Morgan fingerprint density at radius 2 is 1.07 bits per heavy atom. The number of nitro benzene ring substituents is 1. The Hall–Kier alpha value is -9.51. The molecule has 0 bridgehead atoms. The molecular formula is C42H27ClN12O25S6. The molecule has 0 unspecified atom stereocenters. The normalized spacial score (nSPS) is 13.1. The highest BCUT2D eigenvalue weighted by molar-refractivity contribution is 7.87. The summed E-state index contributed by atoms with van der Waals surface area (Å²) in [5.41, 5.74) is -3.59. The van der Waals surface area contributed by atoms with Gasteiger partial charge in [0.15, 0.2) is 11.5 Å². The average molecular weight is 1330 g/mol. The minimum Gasteiger partial charge on any atom is -0.505 e. The summed E-state index contributed by atoms with van der Waals surface area (Å²) in [5.74, 6) is -3.11. The maximum Gasteiger partial charge on any atom is 0.303 e. The van der Waals surface area contributed by atoms with Gasteiger partial charge in [0.2, 0.25) is 11.6 Å². The molecule has 0 aliphatic rings. The number of rotatable bonds is 18. The summed E-state index contributed by atoms with van der Waals surface area (Å²) in [7, 11) is -32.3. The number of aromatic amines is 1. The Labute approximate surface area is 482 Å². The van der Waals surface area contributed by atoms with Crippen LogP contribution in [0.25, 0.3) is 27.2 Å². The van der Waals surface area contributed by atoms with Crippen LogP contribution in [0.15, 0.2) is 166 Å². The van der Waals surface area contributed by atoms with E-state index in [2.05, 4.69) is 46.0 Å². The maximum absolute atomic E-state index is 13.4. The molecule has 7 aromatic carbocycles. The van der Waals surface area contributed by atoms with E-state index in [1.54, 1.807) is 0 Å². The lowest BCUT2D eigenvalue weighted by Crippen LogP contribution is -2.14. The van der Waals surface area contributed by atoms with Gasteiger partial charge in [0.1, 0.15) is 58.6 Å². The molecule has 86 heavy (non-hydrogen) atoms. The van der Waals surface area contributed by atoms with Crippen LogP contribution in [0, 0.1) is 10.1 Å². The molecule has 37 nitrogen and oxygen atoms in total. The number of carbonyl (C=O) groups is 1. The molecule has 0 atom stereocenters. The number of phenolic OH excluding ortho intramolecular Hbond substituents is 2. The number of halogens is 1. The number of nitrogens with one attached hydrogen (secondary N) is 1. The van der Waals surface area contributed by atoms with Crippen LogP contribution in [0.1, 0.15) is 0 Å². The third kappa shape index (κ3) is 12.6. The van der Waals surface area contributed by atoms with Crippen molar-refractivity contribution in [3.63, 3.8) is 0 Å². The second-order valence-corrected chi connectivity index (χ2v) is 25.4. The summed E-state index contributed by atoms with van der Waals surface area (Å²) < 4.78 is 216. The first-order chi connectivity index (χ1) is 39.8. The van der Waals surface area contributed by atoms with Crippen molar-refractivity contribution in [1.82, 2.24) is 9.78 Å². The number of hydrogen-bond donors (Lipinski definition) is 10. The largest absolute Gasteiger partial charge is 0.505 e. The first-order valence-electron chi connectivity index (χ1n) is 21.9. The maximum atomic E-state index is 13.4. The predicted molar refractivity (Wildman–Crippen MR) is 289 cm³/mol. The number of H-pyrrole nitrogens is 1. The lowest BCUT2D eigenvalue weighted by molar-refractivity contribution is -0.385. The number of benzene rings is 7. The fraction of sp³-hybridized carbons (Fsp3) is 0. The molecule has 44 heteroatoms. The van der Waals surface area contributed by atoms with Crippen molar-refractivity contribution < 1.29 is 102 Å². The fourth-order valence-corrected chi connectivity index (χ4v) is 12.1. The van der Waals surface area contributed by atoms with E-state index in [-0.39, 0.29) is 12.2 Å². The average Bonchev–Trinajstić information content (AvgIpc) is 0.943. The van der Waals surface area contributed by atoms with E-state index in [0.717, 1.165) is 60.7 Å². The molecule has 0 saturated carbocycles. The van der Waals surface area contributed by atoms with Gasteiger partial charge in [-0.3, -0.25) is 52.1 Å². The van der Waals surface area contributed by atoms with E-state index < -0.39 is 201 Å². The molecular weight excluding hydrogens is 1300 g/mol. The van der Waals surface area contributed by atoms with Crippen molar-refractivity contribution in [1.29, 1.82) is 0 Å². The highest BCUT2D eigenvalue weighted by atomic mass is 35.5. The Morgan fingerprint density at radius 3 is 1.65 bits per heavy atom. The number of nitro groups is 1. The highest BCUT2D eigenvalue weighted by Crippen LogP contribution is 2.49. The van der Waals surface area contributed by atoms with Crippen LogP contribution in [0.2, 0.25) is 5.02 Å². The number of nitrogens with two attached hydrogens (primary N) is 1. The second kappa shape index (κ2) is 22.5. The van der Waals surface area contributed by atoms with Gasteiger partial charge in [-0.2, -0.15) is 55.6 Å². The summed E-state index contributed by atoms with van der Waals surface area (Å²) >= 11 is 6.30. The summed E-state index contributed by atoms with van der Waals surface area (Å²) in [6.45, 7) is -0.179. The number of fused-ring (bicyclic) bond motifs is 2. The predicted octanol–water partition coefficient (Wildman–Crippen LogP) is 7.70. The minimum atomic E-state index is -5.72. The summed E-state index contributed by atoms with van der Waals surface area (Å²) in [4.78, 5) is 27.8. The van der Waals surface area contributed by atoms with E-state index in [1.165, 1.54) is 0 Å². The molecule has 448 valence electrons. The number of nitrogens with zero attached hydrogens (tertiary/aromatic N) is 10. The number of phenols is 2. The van der Waals surface area contributed by atoms with Crippen molar-refractivity contribution in [2.45, 2.75) is 29.4 Å². The number of aromatic nitrogens is 2. The number of azo groups is 4. The van der Waals surface area contributed by atoms with Crippen molar-refractivity contribution in [3.05, 3.63) is 116 Å². The van der Waals surface area contributed by atoms with Gasteiger partial charge in [-0.05, 0) is 72.8 Å². The van der Waals surface area contributed by atoms with Gasteiger partial charge in [0.25, 0.3) is 72.9 Å². The molecule has 0 amide bonds. The van der Waals surface area contributed by atoms with Crippen LogP contribution in [-0.4, -0.2) is 109 Å². The van der Waals surface area contributed by atoms with E-state index in [4.69, 9.17) is 22.1 Å². The standard InChI is InChI=1S/C42H27ClN12O25S6/c43-24-11-17(12-31(83(68,69)70)34(24)50-52-36-41(80-16-56)53-54(42(36)59)18-1-4-20(5-2-18)81(62,63)64)45-51-35-32(84(71,72)73)14-23-21(37(35)57)6-10-28(40(23)86(77,78)79)48-49-29-15-25(44)33-22(39(29)85(74,75)76)7-9-27(38(33)58)47-46-26-8-3-19(55(60)61)13-30(26)82(65,66)67/h1-16,53,57-58H,44H2,(H,62,63,64)(H,65,66,67)(H,68,69,70)(H,71,72,73)(H,74,75,76)(H,77,78,79). The first-order valence-corrected chi connectivity index (χ1v) is 30.9. The molecule has 8 aromatic rings. The molecule has 0 radical (unpaired) electrons. The smallest absolute Gasteiger partial charge is 0.303 e. The van der Waals surface area contributed by atoms with Crippen LogP contribution in [-0.2, 0) is 65.5 Å². The Bertz CT molecular complexity index is 5210. The third-order valence-electron chi connectivity index (χ3n) is 11.3. The SMILES string of the molecule is Nc1cc(N=Nc2ccc3c(O)c(N=Nc4cc(Cl)c(N=Nc5c(OC=O)[nH]n(-c6ccc(S(=O)(=O)O)cc6)c5=O)c(S(=O)(=O)O)c4)c(S(=O)(=O)O)cc3c2S(=O)(=O)O)c(S(=O)(=O)O)c2ccc(N=Nc3ccc([N+](=O)[O-])cc3S(=O)(=O)O)c(O)c12. The number of non-ortho nitro benzene ring substituents is 1. The first kappa shape index (κ1) is 62.5. The van der Waals surface area contributed by atoms with Gasteiger partial charge in [-0.15, -0.1) is 35.8 Å². The van der Waals surface area contributed by atoms with Gasteiger partial charge in [-0.25, -0.2) is 4.68 Å². The van der Waals surface area contributed by atoms with Crippen LogP contribution < -0.4 is 16.0 Å². The number of anilines is 1. The van der Waals surface area contributed by atoms with Crippen LogP contribution in [0.3, 0.4) is 0 Å². The van der Waals surface area contributed by atoms with Crippen molar-refractivity contribution >= 4 is 157 Å². The highest BCUT2D eigenvalue weighted by Gasteiger charge is 2.31. The van der Waals surface area contributed by atoms with Crippen LogP contribution in [0.5, 0.6) is 17.4 Å². The molecule has 0 spiro atoms.